The molecule has 0 saturated carbocycles. The number of carboxylic acids is 1. The molecule has 1 aliphatic heterocycles. The predicted octanol–water partition coefficient (Wildman–Crippen LogP) is -1.38. The van der Waals surface area contributed by atoms with Gasteiger partial charge in [0, 0.05) is 12.1 Å². The molecule has 0 aromatic heterocycles. The molecular weight excluding hydrogens is 479 g/mol. The van der Waals surface area contributed by atoms with Gasteiger partial charge in [0.25, 0.3) is 5.69 Å². The average molecular weight is 501 g/mol. The maximum absolute atomic E-state index is 11.2. The van der Waals surface area contributed by atoms with E-state index >= 15 is 0 Å². The highest BCUT2D eigenvalue weighted by Gasteiger charge is 2.47. The highest BCUT2D eigenvalue weighted by Crippen LogP contribution is 2.25. The van der Waals surface area contributed by atoms with Crippen LogP contribution in [0, 0.1) is 10.1 Å². The lowest BCUT2D eigenvalue weighted by atomic mass is 9.99. The third-order valence-electron chi connectivity index (χ3n) is 4.70. The SMILES string of the molecule is O=C(O)[C@H]1O[C@@H](OC[C@@H](NC(O)C(Cl)Cl)[C@H](O)c2ccc([N+](=O)[O-])cc2)[C@H](O)[C@@H](O)[C@@H]1O. The van der Waals surface area contributed by atoms with E-state index in [4.69, 9.17) is 37.8 Å². The minimum Gasteiger partial charge on any atom is -0.479 e. The summed E-state index contributed by atoms with van der Waals surface area (Å²) in [4.78, 5) is 20.0. The van der Waals surface area contributed by atoms with Gasteiger partial charge in [0.2, 0.25) is 0 Å². The molecule has 15 heteroatoms. The van der Waals surface area contributed by atoms with E-state index in [-0.39, 0.29) is 11.3 Å². The fourth-order valence-corrected chi connectivity index (χ4v) is 3.08. The van der Waals surface area contributed by atoms with Gasteiger partial charge in [-0.15, -0.1) is 23.2 Å². The maximum Gasteiger partial charge on any atom is 0.335 e. The van der Waals surface area contributed by atoms with Gasteiger partial charge in [-0.25, -0.2) is 4.79 Å². The number of carbonyl (C=O) groups is 1. The first-order valence-electron chi connectivity index (χ1n) is 9.12. The number of benzene rings is 1. The van der Waals surface area contributed by atoms with Crippen molar-refractivity contribution in [2.24, 2.45) is 0 Å². The van der Waals surface area contributed by atoms with Gasteiger partial charge in [-0.2, -0.15) is 0 Å². The van der Waals surface area contributed by atoms with Crippen LogP contribution in [0.5, 0.6) is 0 Å². The van der Waals surface area contributed by atoms with Gasteiger partial charge >= 0.3 is 5.97 Å². The summed E-state index contributed by atoms with van der Waals surface area (Å²) in [5.41, 5.74) is -0.0529. The number of ether oxygens (including phenoxy) is 2. The van der Waals surface area contributed by atoms with Crippen molar-refractivity contribution < 1.29 is 49.8 Å². The second kappa shape index (κ2) is 11.5. The number of carboxylic acid groups (broad SMARTS) is 1. The molecular formula is C17H22Cl2N2O11. The number of nitro groups is 1. The van der Waals surface area contributed by atoms with E-state index in [2.05, 4.69) is 5.32 Å². The van der Waals surface area contributed by atoms with Crippen molar-refractivity contribution in [1.29, 1.82) is 0 Å². The molecule has 1 unspecified atom stereocenters. The summed E-state index contributed by atoms with van der Waals surface area (Å²) in [7, 11) is 0. The van der Waals surface area contributed by atoms with Gasteiger partial charge in [0.1, 0.15) is 29.4 Å². The summed E-state index contributed by atoms with van der Waals surface area (Å²) in [5.74, 6) is -1.61. The van der Waals surface area contributed by atoms with Crippen molar-refractivity contribution in [3.05, 3.63) is 39.9 Å². The molecule has 8 atom stereocenters. The van der Waals surface area contributed by atoms with Crippen LogP contribution in [0.1, 0.15) is 11.7 Å². The fourth-order valence-electron chi connectivity index (χ4n) is 2.94. The Morgan fingerprint density at radius 1 is 1.16 bits per heavy atom. The molecule has 32 heavy (non-hydrogen) atoms. The summed E-state index contributed by atoms with van der Waals surface area (Å²) >= 11 is 11.2. The largest absolute Gasteiger partial charge is 0.479 e. The molecule has 2 rings (SSSR count). The number of halogens is 2. The van der Waals surface area contributed by atoms with E-state index in [0.29, 0.717) is 0 Å². The Labute approximate surface area is 190 Å². The second-order valence-corrected chi connectivity index (χ2v) is 8.08. The minimum atomic E-state index is -1.92. The molecule has 0 aliphatic carbocycles. The number of non-ortho nitro benzene ring substituents is 1. The van der Waals surface area contributed by atoms with Crippen LogP contribution in [0.4, 0.5) is 5.69 Å². The third kappa shape index (κ3) is 6.45. The normalized spacial score (nSPS) is 28.8. The monoisotopic (exact) mass is 500 g/mol. The molecule has 1 fully saturated rings. The van der Waals surface area contributed by atoms with Crippen molar-refractivity contribution in [2.45, 2.75) is 53.9 Å². The molecule has 0 radical (unpaired) electrons. The second-order valence-electron chi connectivity index (χ2n) is 6.91. The number of rotatable bonds is 10. The molecule has 1 aromatic rings. The molecule has 180 valence electrons. The molecule has 0 spiro atoms. The first-order valence-corrected chi connectivity index (χ1v) is 10.00. The van der Waals surface area contributed by atoms with Crippen LogP contribution >= 0.6 is 23.2 Å². The van der Waals surface area contributed by atoms with Crippen LogP contribution in [-0.4, -0.2) is 96.0 Å². The fraction of sp³-hybridized carbons (Fsp3) is 0.588. The Morgan fingerprint density at radius 2 is 1.75 bits per heavy atom. The zero-order valence-corrected chi connectivity index (χ0v) is 17.7. The standard InChI is InChI=1S/C17H22Cl2N2O11/c18-14(19)15(26)20-8(9(22)6-1-3-7(4-2-6)21(29)30)5-31-17-12(25)10(23)11(24)13(32-17)16(27)28/h1-4,8-15,17,20,22-26H,5H2,(H,27,28)/t8-,9-,10+,11+,12-,13+,15?,17-/m1/s1. The molecule has 0 amide bonds. The lowest BCUT2D eigenvalue weighted by Crippen LogP contribution is -2.61. The predicted molar refractivity (Wildman–Crippen MR) is 107 cm³/mol. The minimum absolute atomic E-state index is 0.175. The number of hydrogen-bond donors (Lipinski definition) is 7. The van der Waals surface area contributed by atoms with Crippen molar-refractivity contribution >= 4 is 34.9 Å². The van der Waals surface area contributed by atoms with E-state index in [9.17, 15) is 40.4 Å². The number of alkyl halides is 2. The van der Waals surface area contributed by atoms with Crippen molar-refractivity contribution in [1.82, 2.24) is 5.32 Å². The van der Waals surface area contributed by atoms with Crippen LogP contribution in [0.15, 0.2) is 24.3 Å². The molecule has 1 aliphatic rings. The van der Waals surface area contributed by atoms with Gasteiger partial charge in [-0.1, -0.05) is 0 Å². The van der Waals surface area contributed by atoms with Crippen molar-refractivity contribution in [3.63, 3.8) is 0 Å². The number of nitrogens with one attached hydrogen (secondary N) is 1. The van der Waals surface area contributed by atoms with E-state index in [1.165, 1.54) is 12.1 Å². The number of aliphatic hydroxyl groups excluding tert-OH is 5. The summed E-state index contributed by atoms with van der Waals surface area (Å²) in [5, 5.41) is 72.6. The molecule has 1 saturated heterocycles. The van der Waals surface area contributed by atoms with Gasteiger partial charge < -0.3 is 40.1 Å². The van der Waals surface area contributed by atoms with Crippen LogP contribution in [0.3, 0.4) is 0 Å². The number of aliphatic hydroxyl groups is 5. The molecule has 0 bridgehead atoms. The zero-order valence-electron chi connectivity index (χ0n) is 16.1. The summed E-state index contributed by atoms with van der Waals surface area (Å²) in [6.45, 7) is -0.549. The molecule has 1 heterocycles. The quantitative estimate of drug-likeness (QED) is 0.0855. The van der Waals surface area contributed by atoms with E-state index in [1.54, 1.807) is 0 Å². The van der Waals surface area contributed by atoms with Crippen LogP contribution in [-0.2, 0) is 14.3 Å². The topological polar surface area (TPSA) is 212 Å². The Balaban J connectivity index is 2.17. The first kappa shape index (κ1) is 26.6. The number of aliphatic carboxylic acids is 1. The number of hydrogen-bond acceptors (Lipinski definition) is 11. The van der Waals surface area contributed by atoms with Crippen molar-refractivity contribution in [2.75, 3.05) is 6.61 Å². The Kier molecular flexibility index (Phi) is 9.53. The molecule has 7 N–H and O–H groups in total. The molecule has 13 nitrogen and oxygen atoms in total. The Bertz CT molecular complexity index is 784. The van der Waals surface area contributed by atoms with E-state index in [1.807, 2.05) is 0 Å². The van der Waals surface area contributed by atoms with Gasteiger partial charge in [0.15, 0.2) is 12.4 Å². The zero-order chi connectivity index (χ0) is 24.2. The first-order chi connectivity index (χ1) is 14.9. The smallest absolute Gasteiger partial charge is 0.335 e. The van der Waals surface area contributed by atoms with E-state index in [0.717, 1.165) is 12.1 Å². The summed E-state index contributed by atoms with van der Waals surface area (Å²) in [6.07, 6.45) is -12.3. The van der Waals surface area contributed by atoms with Crippen LogP contribution in [0.25, 0.3) is 0 Å². The van der Waals surface area contributed by atoms with Gasteiger partial charge in [0.05, 0.1) is 23.7 Å². The maximum atomic E-state index is 11.2. The van der Waals surface area contributed by atoms with Crippen molar-refractivity contribution in [3.8, 4) is 0 Å². The van der Waals surface area contributed by atoms with Crippen LogP contribution < -0.4 is 5.32 Å². The Hall–Kier alpha value is -1.65. The summed E-state index contributed by atoms with van der Waals surface area (Å²) in [6, 6.07) is 3.60. The summed E-state index contributed by atoms with van der Waals surface area (Å²) < 4.78 is 10.3. The number of nitro benzene ring substituents is 1. The average Bonchev–Trinajstić information content (AvgIpc) is 2.75. The highest BCUT2D eigenvalue weighted by molar-refractivity contribution is 6.44. The lowest BCUT2D eigenvalue weighted by molar-refractivity contribution is -0.384. The van der Waals surface area contributed by atoms with Gasteiger partial charge in [-0.3, -0.25) is 15.4 Å². The van der Waals surface area contributed by atoms with Crippen LogP contribution in [0.2, 0.25) is 0 Å². The lowest BCUT2D eigenvalue weighted by Gasteiger charge is -2.39. The van der Waals surface area contributed by atoms with Gasteiger partial charge in [-0.05, 0) is 17.7 Å². The third-order valence-corrected chi connectivity index (χ3v) is 5.18. The highest BCUT2D eigenvalue weighted by atomic mass is 35.5. The number of nitrogens with zero attached hydrogens (tertiary/aromatic N) is 1. The molecule has 1 aromatic carbocycles. The van der Waals surface area contributed by atoms with E-state index < -0.39 is 71.4 Å². The Morgan fingerprint density at radius 3 is 2.25 bits per heavy atom.